The Labute approximate surface area is 130 Å². The molecule has 4 aromatic rings. The first-order valence-electron chi connectivity index (χ1n) is 6.74. The van der Waals surface area contributed by atoms with E-state index in [1.807, 2.05) is 35.7 Å². The summed E-state index contributed by atoms with van der Waals surface area (Å²) in [5, 5.41) is 8.73. The molecule has 0 N–H and O–H groups in total. The van der Waals surface area contributed by atoms with Crippen molar-refractivity contribution in [1.82, 2.24) is 19.6 Å². The minimum atomic E-state index is 0.592. The molecule has 5 nitrogen and oxygen atoms in total. The zero-order chi connectivity index (χ0) is 14.9. The van der Waals surface area contributed by atoms with Crippen molar-refractivity contribution in [2.24, 2.45) is 0 Å². The number of thiophene rings is 1. The molecule has 3 heterocycles. The standard InChI is InChI=1S/C16H12N4OS/c1-21-13-4-2-11(3-5-13)15-18-16-17-8-6-14(20(16)19-15)12-7-9-22-10-12/h2-10H,1H3. The Hall–Kier alpha value is -2.73. The molecule has 1 aromatic carbocycles. The number of benzene rings is 1. The summed E-state index contributed by atoms with van der Waals surface area (Å²) in [6, 6.07) is 11.7. The first-order chi connectivity index (χ1) is 10.8. The van der Waals surface area contributed by atoms with Gasteiger partial charge in [-0.2, -0.15) is 20.8 Å². The lowest BCUT2D eigenvalue weighted by atomic mass is 10.2. The highest BCUT2D eigenvalue weighted by Crippen LogP contribution is 2.24. The van der Waals surface area contributed by atoms with Crippen LogP contribution < -0.4 is 4.74 Å². The summed E-state index contributed by atoms with van der Waals surface area (Å²) in [6.07, 6.45) is 1.76. The van der Waals surface area contributed by atoms with Crippen molar-refractivity contribution in [3.8, 4) is 28.4 Å². The Bertz CT molecular complexity index is 913. The van der Waals surface area contributed by atoms with Crippen molar-refractivity contribution >= 4 is 17.1 Å². The van der Waals surface area contributed by atoms with Crippen LogP contribution in [0.25, 0.3) is 28.4 Å². The molecule has 0 aliphatic carbocycles. The summed E-state index contributed by atoms with van der Waals surface area (Å²) < 4.78 is 6.95. The van der Waals surface area contributed by atoms with Gasteiger partial charge in [0.15, 0.2) is 5.82 Å². The molecule has 6 heteroatoms. The molecule has 3 aromatic heterocycles. The van der Waals surface area contributed by atoms with Crippen LogP contribution in [0, 0.1) is 0 Å². The molecule has 4 rings (SSSR count). The maximum atomic E-state index is 5.17. The number of ether oxygens (including phenoxy) is 1. The molecule has 0 aliphatic heterocycles. The number of nitrogens with zero attached hydrogens (tertiary/aromatic N) is 4. The van der Waals surface area contributed by atoms with Crippen LogP contribution in [0.2, 0.25) is 0 Å². The molecule has 0 saturated heterocycles. The molecule has 0 unspecified atom stereocenters. The van der Waals surface area contributed by atoms with Crippen molar-refractivity contribution in [2.45, 2.75) is 0 Å². The lowest BCUT2D eigenvalue weighted by Gasteiger charge is -2.00. The number of aromatic nitrogens is 4. The Morgan fingerprint density at radius 1 is 1.05 bits per heavy atom. The van der Waals surface area contributed by atoms with E-state index in [9.17, 15) is 0 Å². The molecule has 0 radical (unpaired) electrons. The fourth-order valence-corrected chi connectivity index (χ4v) is 2.93. The lowest BCUT2D eigenvalue weighted by Crippen LogP contribution is -1.94. The van der Waals surface area contributed by atoms with Gasteiger partial charge in [0.2, 0.25) is 0 Å². The molecular formula is C16H12N4OS. The predicted octanol–water partition coefficient (Wildman–Crippen LogP) is 3.53. The Morgan fingerprint density at radius 2 is 1.91 bits per heavy atom. The van der Waals surface area contributed by atoms with E-state index in [0.717, 1.165) is 22.6 Å². The number of fused-ring (bicyclic) bond motifs is 1. The van der Waals surface area contributed by atoms with Crippen LogP contribution in [-0.2, 0) is 0 Å². The third-order valence-electron chi connectivity index (χ3n) is 3.41. The van der Waals surface area contributed by atoms with Gasteiger partial charge in [-0.25, -0.2) is 4.98 Å². The Kier molecular flexibility index (Phi) is 3.08. The van der Waals surface area contributed by atoms with E-state index < -0.39 is 0 Å². The molecule has 108 valence electrons. The van der Waals surface area contributed by atoms with E-state index >= 15 is 0 Å². The van der Waals surface area contributed by atoms with Crippen molar-refractivity contribution < 1.29 is 4.74 Å². The fourth-order valence-electron chi connectivity index (χ4n) is 2.29. The first kappa shape index (κ1) is 13.0. The number of methoxy groups -OCH3 is 1. The predicted molar refractivity (Wildman–Crippen MR) is 86.1 cm³/mol. The third-order valence-corrected chi connectivity index (χ3v) is 4.09. The second kappa shape index (κ2) is 5.23. The summed E-state index contributed by atoms with van der Waals surface area (Å²) in [5.41, 5.74) is 3.03. The summed E-state index contributed by atoms with van der Waals surface area (Å²) in [6.45, 7) is 0. The number of hydrogen-bond acceptors (Lipinski definition) is 5. The van der Waals surface area contributed by atoms with Gasteiger partial charge in [0.25, 0.3) is 5.78 Å². The Balaban J connectivity index is 1.85. The molecule has 0 saturated carbocycles. The topological polar surface area (TPSA) is 52.3 Å². The second-order valence-corrected chi connectivity index (χ2v) is 5.50. The smallest absolute Gasteiger partial charge is 0.253 e. The number of hydrogen-bond donors (Lipinski definition) is 0. The fraction of sp³-hybridized carbons (Fsp3) is 0.0625. The van der Waals surface area contributed by atoms with Crippen LogP contribution in [0.15, 0.2) is 53.4 Å². The lowest BCUT2D eigenvalue weighted by molar-refractivity contribution is 0.415. The minimum absolute atomic E-state index is 0.592. The van der Waals surface area contributed by atoms with Gasteiger partial charge in [0, 0.05) is 22.7 Å². The van der Waals surface area contributed by atoms with Crippen LogP contribution >= 0.6 is 11.3 Å². The highest BCUT2D eigenvalue weighted by molar-refractivity contribution is 7.08. The molecule has 0 aliphatic rings. The molecule has 0 fully saturated rings. The van der Waals surface area contributed by atoms with E-state index in [4.69, 9.17) is 4.74 Å². The molecule has 0 atom stereocenters. The van der Waals surface area contributed by atoms with Crippen LogP contribution in [0.4, 0.5) is 0 Å². The minimum Gasteiger partial charge on any atom is -0.497 e. The van der Waals surface area contributed by atoms with Crippen molar-refractivity contribution in [3.63, 3.8) is 0 Å². The van der Waals surface area contributed by atoms with Crippen molar-refractivity contribution in [2.75, 3.05) is 7.11 Å². The average Bonchev–Trinajstić information content (AvgIpc) is 3.24. The molecule has 0 spiro atoms. The van der Waals surface area contributed by atoms with Gasteiger partial charge < -0.3 is 4.74 Å². The van der Waals surface area contributed by atoms with Gasteiger partial charge in [-0.05, 0) is 41.8 Å². The average molecular weight is 308 g/mol. The van der Waals surface area contributed by atoms with Crippen LogP contribution in [0.3, 0.4) is 0 Å². The molecule has 22 heavy (non-hydrogen) atoms. The van der Waals surface area contributed by atoms with Gasteiger partial charge in [-0.15, -0.1) is 5.10 Å². The van der Waals surface area contributed by atoms with Crippen molar-refractivity contribution in [1.29, 1.82) is 0 Å². The summed E-state index contributed by atoms with van der Waals surface area (Å²) >= 11 is 1.65. The van der Waals surface area contributed by atoms with E-state index in [1.165, 1.54) is 0 Å². The summed E-state index contributed by atoms with van der Waals surface area (Å²) in [5.74, 6) is 2.05. The van der Waals surface area contributed by atoms with Gasteiger partial charge in [0.05, 0.1) is 12.8 Å². The summed E-state index contributed by atoms with van der Waals surface area (Å²) in [7, 11) is 1.65. The SMILES string of the molecule is COc1ccc(-c2nc3nccc(-c4ccsc4)n3n2)cc1. The summed E-state index contributed by atoms with van der Waals surface area (Å²) in [4.78, 5) is 8.81. The molecule has 0 bridgehead atoms. The first-order valence-corrected chi connectivity index (χ1v) is 7.68. The highest BCUT2D eigenvalue weighted by atomic mass is 32.1. The zero-order valence-electron chi connectivity index (χ0n) is 11.8. The monoisotopic (exact) mass is 308 g/mol. The van der Waals surface area contributed by atoms with E-state index in [2.05, 4.69) is 26.5 Å². The second-order valence-electron chi connectivity index (χ2n) is 4.72. The normalized spacial score (nSPS) is 11.0. The molecule has 0 amide bonds. The van der Waals surface area contributed by atoms with E-state index in [-0.39, 0.29) is 0 Å². The van der Waals surface area contributed by atoms with E-state index in [1.54, 1.807) is 29.2 Å². The van der Waals surface area contributed by atoms with Gasteiger partial charge in [-0.3, -0.25) is 0 Å². The zero-order valence-corrected chi connectivity index (χ0v) is 12.6. The Morgan fingerprint density at radius 3 is 2.64 bits per heavy atom. The quantitative estimate of drug-likeness (QED) is 0.581. The number of rotatable bonds is 3. The van der Waals surface area contributed by atoms with Gasteiger partial charge in [0.1, 0.15) is 5.75 Å². The molecular weight excluding hydrogens is 296 g/mol. The van der Waals surface area contributed by atoms with Crippen LogP contribution in [-0.4, -0.2) is 26.7 Å². The van der Waals surface area contributed by atoms with Crippen LogP contribution in [0.5, 0.6) is 5.75 Å². The van der Waals surface area contributed by atoms with Crippen molar-refractivity contribution in [3.05, 3.63) is 53.4 Å². The largest absolute Gasteiger partial charge is 0.497 e. The third kappa shape index (κ3) is 2.14. The maximum absolute atomic E-state index is 5.17. The van der Waals surface area contributed by atoms with Crippen LogP contribution in [0.1, 0.15) is 0 Å². The van der Waals surface area contributed by atoms with Gasteiger partial charge >= 0.3 is 0 Å². The highest BCUT2D eigenvalue weighted by Gasteiger charge is 2.11. The maximum Gasteiger partial charge on any atom is 0.253 e. The van der Waals surface area contributed by atoms with E-state index in [0.29, 0.717) is 11.6 Å². The van der Waals surface area contributed by atoms with Gasteiger partial charge in [-0.1, -0.05) is 0 Å².